The lowest BCUT2D eigenvalue weighted by Crippen LogP contribution is -2.34. The Labute approximate surface area is 95.7 Å². The van der Waals surface area contributed by atoms with Crippen LogP contribution < -0.4 is 5.32 Å². The average Bonchev–Trinajstić information content (AvgIpc) is 2.27. The number of rotatable bonds is 5. The topological polar surface area (TPSA) is 62.2 Å². The van der Waals surface area contributed by atoms with Crippen LogP contribution in [0.4, 0.5) is 0 Å². The zero-order valence-corrected chi connectivity index (χ0v) is 9.73. The highest BCUT2D eigenvalue weighted by Crippen LogP contribution is 2.18. The maximum absolute atomic E-state index is 11.7. The molecular weight excluding hydrogens is 204 g/mol. The zero-order valence-electron chi connectivity index (χ0n) is 9.73. The molecule has 2 N–H and O–H groups in total. The predicted octanol–water partition coefficient (Wildman–Crippen LogP) is 1.22. The second-order valence-corrected chi connectivity index (χ2v) is 4.56. The van der Waals surface area contributed by atoms with Gasteiger partial charge in [0, 0.05) is 25.5 Å². The normalized spacial score (nSPS) is 11.2. The summed E-state index contributed by atoms with van der Waals surface area (Å²) in [6.07, 6.45) is 3.83. The van der Waals surface area contributed by atoms with Gasteiger partial charge in [0.15, 0.2) is 0 Å². The molecule has 0 saturated heterocycles. The van der Waals surface area contributed by atoms with E-state index in [4.69, 9.17) is 5.11 Å². The van der Waals surface area contributed by atoms with Gasteiger partial charge in [-0.1, -0.05) is 13.8 Å². The number of carbonyl (C=O) groups is 1. The van der Waals surface area contributed by atoms with Gasteiger partial charge in [0.05, 0.1) is 5.56 Å². The third-order valence-electron chi connectivity index (χ3n) is 2.44. The van der Waals surface area contributed by atoms with E-state index >= 15 is 0 Å². The number of aliphatic hydroxyl groups excluding tert-OH is 1. The molecule has 0 radical (unpaired) electrons. The first kappa shape index (κ1) is 12.6. The molecule has 1 amide bonds. The molecule has 0 spiro atoms. The van der Waals surface area contributed by atoms with Crippen LogP contribution in [-0.4, -0.2) is 29.1 Å². The minimum Gasteiger partial charge on any atom is -0.396 e. The zero-order chi connectivity index (χ0) is 12.0. The van der Waals surface area contributed by atoms with Gasteiger partial charge in [-0.15, -0.1) is 0 Å². The van der Waals surface area contributed by atoms with E-state index in [-0.39, 0.29) is 17.9 Å². The molecule has 4 heteroatoms. The smallest absolute Gasteiger partial charge is 0.252 e. The Bertz CT molecular complexity index is 336. The fourth-order valence-corrected chi connectivity index (χ4v) is 1.31. The van der Waals surface area contributed by atoms with Crippen LogP contribution in [0.25, 0.3) is 0 Å². The van der Waals surface area contributed by atoms with Crippen molar-refractivity contribution in [2.75, 3.05) is 13.2 Å². The van der Waals surface area contributed by atoms with Crippen molar-refractivity contribution in [3.8, 4) is 0 Å². The van der Waals surface area contributed by atoms with Gasteiger partial charge in [-0.25, -0.2) is 0 Å². The van der Waals surface area contributed by atoms with Gasteiger partial charge in [0.1, 0.15) is 0 Å². The number of nitrogens with zero attached hydrogens (tertiary/aromatic N) is 1. The number of hydrogen-bond acceptors (Lipinski definition) is 3. The SMILES string of the molecule is CC(C)(CCO)CNC(=O)c1cccnc1. The Hall–Kier alpha value is -1.42. The van der Waals surface area contributed by atoms with E-state index in [0.29, 0.717) is 18.5 Å². The maximum atomic E-state index is 11.7. The van der Waals surface area contributed by atoms with E-state index in [1.807, 2.05) is 13.8 Å². The minimum absolute atomic E-state index is 0.0907. The Balaban J connectivity index is 2.48. The lowest BCUT2D eigenvalue weighted by atomic mass is 9.90. The monoisotopic (exact) mass is 222 g/mol. The summed E-state index contributed by atoms with van der Waals surface area (Å²) >= 11 is 0. The summed E-state index contributed by atoms with van der Waals surface area (Å²) in [4.78, 5) is 15.6. The predicted molar refractivity (Wildman–Crippen MR) is 62.1 cm³/mol. The summed E-state index contributed by atoms with van der Waals surface area (Å²) in [6.45, 7) is 4.69. The molecule has 0 unspecified atom stereocenters. The number of amides is 1. The molecule has 0 fully saturated rings. The molecule has 0 bridgehead atoms. The lowest BCUT2D eigenvalue weighted by molar-refractivity contribution is 0.0928. The quantitative estimate of drug-likeness (QED) is 0.787. The van der Waals surface area contributed by atoms with Crippen LogP contribution in [-0.2, 0) is 0 Å². The van der Waals surface area contributed by atoms with Gasteiger partial charge in [-0.3, -0.25) is 9.78 Å². The Morgan fingerprint density at radius 3 is 2.88 bits per heavy atom. The van der Waals surface area contributed by atoms with Gasteiger partial charge in [-0.05, 0) is 24.0 Å². The van der Waals surface area contributed by atoms with Crippen molar-refractivity contribution in [1.29, 1.82) is 0 Å². The van der Waals surface area contributed by atoms with Gasteiger partial charge >= 0.3 is 0 Å². The molecule has 16 heavy (non-hydrogen) atoms. The van der Waals surface area contributed by atoms with Crippen LogP contribution in [0.15, 0.2) is 24.5 Å². The first-order valence-electron chi connectivity index (χ1n) is 5.34. The summed E-state index contributed by atoms with van der Waals surface area (Å²) in [5, 5.41) is 11.7. The fourth-order valence-electron chi connectivity index (χ4n) is 1.31. The summed E-state index contributed by atoms with van der Waals surface area (Å²) in [5.74, 6) is -0.126. The Morgan fingerprint density at radius 2 is 2.31 bits per heavy atom. The standard InChI is InChI=1S/C12H18N2O2/c1-12(2,5-7-15)9-14-11(16)10-4-3-6-13-8-10/h3-4,6,8,15H,5,7,9H2,1-2H3,(H,14,16). The highest BCUT2D eigenvalue weighted by molar-refractivity contribution is 5.93. The molecule has 0 aliphatic heterocycles. The molecule has 1 rings (SSSR count). The number of aliphatic hydroxyl groups is 1. The third-order valence-corrected chi connectivity index (χ3v) is 2.44. The molecule has 0 aliphatic carbocycles. The number of carbonyl (C=O) groups excluding carboxylic acids is 1. The molecule has 1 aromatic rings. The Kier molecular flexibility index (Phi) is 4.43. The number of nitrogens with one attached hydrogen (secondary N) is 1. The average molecular weight is 222 g/mol. The lowest BCUT2D eigenvalue weighted by Gasteiger charge is -2.23. The first-order valence-corrected chi connectivity index (χ1v) is 5.34. The van der Waals surface area contributed by atoms with E-state index in [9.17, 15) is 4.79 Å². The van der Waals surface area contributed by atoms with Gasteiger partial charge in [-0.2, -0.15) is 0 Å². The van der Waals surface area contributed by atoms with Crippen LogP contribution in [0.5, 0.6) is 0 Å². The van der Waals surface area contributed by atoms with Crippen LogP contribution in [0.3, 0.4) is 0 Å². The van der Waals surface area contributed by atoms with E-state index < -0.39 is 0 Å². The largest absolute Gasteiger partial charge is 0.396 e. The van der Waals surface area contributed by atoms with Crippen LogP contribution in [0.2, 0.25) is 0 Å². The van der Waals surface area contributed by atoms with E-state index in [1.165, 1.54) is 6.20 Å². The first-order chi connectivity index (χ1) is 7.55. The maximum Gasteiger partial charge on any atom is 0.252 e. The molecule has 0 aliphatic rings. The molecular formula is C12H18N2O2. The highest BCUT2D eigenvalue weighted by Gasteiger charge is 2.18. The van der Waals surface area contributed by atoms with Crippen molar-refractivity contribution in [3.05, 3.63) is 30.1 Å². The summed E-state index contributed by atoms with van der Waals surface area (Å²) in [5.41, 5.74) is 0.467. The fraction of sp³-hybridized carbons (Fsp3) is 0.500. The van der Waals surface area contributed by atoms with Crippen molar-refractivity contribution < 1.29 is 9.90 Å². The minimum atomic E-state index is -0.126. The molecule has 1 heterocycles. The second-order valence-electron chi connectivity index (χ2n) is 4.56. The van der Waals surface area contributed by atoms with E-state index in [1.54, 1.807) is 18.3 Å². The third kappa shape index (κ3) is 3.98. The molecule has 1 aromatic heterocycles. The van der Waals surface area contributed by atoms with Crippen molar-refractivity contribution in [2.24, 2.45) is 5.41 Å². The summed E-state index contributed by atoms with van der Waals surface area (Å²) in [6, 6.07) is 3.45. The summed E-state index contributed by atoms with van der Waals surface area (Å²) in [7, 11) is 0. The van der Waals surface area contributed by atoms with E-state index in [2.05, 4.69) is 10.3 Å². The molecule has 88 valence electrons. The molecule has 4 nitrogen and oxygen atoms in total. The van der Waals surface area contributed by atoms with Crippen LogP contribution in [0.1, 0.15) is 30.6 Å². The van der Waals surface area contributed by atoms with Crippen LogP contribution in [0, 0.1) is 5.41 Å². The highest BCUT2D eigenvalue weighted by atomic mass is 16.3. The molecule has 0 atom stereocenters. The van der Waals surface area contributed by atoms with Crippen molar-refractivity contribution in [1.82, 2.24) is 10.3 Å². The number of aromatic nitrogens is 1. The van der Waals surface area contributed by atoms with E-state index in [0.717, 1.165) is 0 Å². The second kappa shape index (κ2) is 5.61. The van der Waals surface area contributed by atoms with Gasteiger partial charge in [0.25, 0.3) is 5.91 Å². The van der Waals surface area contributed by atoms with Crippen molar-refractivity contribution in [3.63, 3.8) is 0 Å². The molecule has 0 aromatic carbocycles. The van der Waals surface area contributed by atoms with Crippen LogP contribution >= 0.6 is 0 Å². The van der Waals surface area contributed by atoms with Crippen molar-refractivity contribution in [2.45, 2.75) is 20.3 Å². The van der Waals surface area contributed by atoms with Crippen molar-refractivity contribution >= 4 is 5.91 Å². The van der Waals surface area contributed by atoms with Gasteiger partial charge < -0.3 is 10.4 Å². The summed E-state index contributed by atoms with van der Waals surface area (Å²) < 4.78 is 0. The molecule has 0 saturated carbocycles. The Morgan fingerprint density at radius 1 is 1.56 bits per heavy atom. The number of pyridine rings is 1. The number of hydrogen-bond donors (Lipinski definition) is 2. The van der Waals surface area contributed by atoms with Gasteiger partial charge in [0.2, 0.25) is 0 Å².